The average molecular weight is 239 g/mol. The van der Waals surface area contributed by atoms with Crippen LogP contribution in [-0.2, 0) is 13.1 Å². The van der Waals surface area contributed by atoms with Crippen LogP contribution in [0.4, 0.5) is 0 Å². The Morgan fingerprint density at radius 2 is 2.06 bits per heavy atom. The molecule has 18 heavy (non-hydrogen) atoms. The molecule has 3 rings (SSSR count). The molecule has 0 radical (unpaired) electrons. The molecule has 2 aromatic heterocycles. The zero-order valence-electron chi connectivity index (χ0n) is 10.6. The van der Waals surface area contributed by atoms with Gasteiger partial charge >= 0.3 is 0 Å². The Morgan fingerprint density at radius 3 is 2.89 bits per heavy atom. The topological polar surface area (TPSA) is 22.8 Å². The number of rotatable bonds is 4. The van der Waals surface area contributed by atoms with Crippen LogP contribution in [0.1, 0.15) is 12.0 Å². The molecule has 92 valence electrons. The van der Waals surface area contributed by atoms with Gasteiger partial charge in [0.05, 0.1) is 0 Å². The van der Waals surface area contributed by atoms with Crippen molar-refractivity contribution in [3.63, 3.8) is 0 Å². The highest BCUT2D eigenvalue weighted by atomic mass is 15.3. The molecule has 0 saturated heterocycles. The van der Waals surface area contributed by atoms with Gasteiger partial charge in [-0.25, -0.2) is 0 Å². The number of aryl methyl sites for hydroxylation is 3. The molecule has 3 nitrogen and oxygen atoms in total. The summed E-state index contributed by atoms with van der Waals surface area (Å²) >= 11 is 0. The van der Waals surface area contributed by atoms with Gasteiger partial charge in [-0.15, -0.1) is 0 Å². The number of fused-ring (bicyclic) bond motifs is 1. The van der Waals surface area contributed by atoms with E-state index < -0.39 is 0 Å². The fraction of sp³-hybridized carbons (Fsp3) is 0.267. The van der Waals surface area contributed by atoms with Gasteiger partial charge in [-0.1, -0.05) is 11.6 Å². The van der Waals surface area contributed by atoms with E-state index in [1.807, 2.05) is 23.1 Å². The van der Waals surface area contributed by atoms with Gasteiger partial charge < -0.3 is 4.57 Å². The van der Waals surface area contributed by atoms with E-state index in [0.29, 0.717) is 0 Å². The van der Waals surface area contributed by atoms with E-state index in [9.17, 15) is 0 Å². The van der Waals surface area contributed by atoms with E-state index in [0.717, 1.165) is 19.5 Å². The van der Waals surface area contributed by atoms with Crippen LogP contribution in [0.3, 0.4) is 0 Å². The smallest absolute Gasteiger partial charge is 0.0489 e. The quantitative estimate of drug-likeness (QED) is 0.685. The molecular formula is C15H17N3. The Balaban J connectivity index is 1.71. The van der Waals surface area contributed by atoms with Gasteiger partial charge in [0.25, 0.3) is 0 Å². The molecule has 0 aliphatic carbocycles. The second kappa shape index (κ2) is 4.69. The predicted octanol–water partition coefficient (Wildman–Crippen LogP) is 3.24. The van der Waals surface area contributed by atoms with Crippen LogP contribution in [0.15, 0.2) is 48.9 Å². The van der Waals surface area contributed by atoms with Crippen molar-refractivity contribution in [1.82, 2.24) is 14.3 Å². The Hall–Kier alpha value is -2.03. The summed E-state index contributed by atoms with van der Waals surface area (Å²) in [4.78, 5) is 0. The summed E-state index contributed by atoms with van der Waals surface area (Å²) in [5.41, 5.74) is 2.64. The summed E-state index contributed by atoms with van der Waals surface area (Å²) in [6.07, 6.45) is 7.11. The minimum atomic E-state index is 0.971. The van der Waals surface area contributed by atoms with Crippen molar-refractivity contribution in [2.24, 2.45) is 0 Å². The maximum absolute atomic E-state index is 4.22. The lowest BCUT2D eigenvalue weighted by Crippen LogP contribution is -2.03. The molecule has 1 aromatic carbocycles. The standard InChI is InChI=1S/C15H17N3/c1-13-4-5-15-14(12-13)6-11-17(15)8-3-10-18-9-2-7-16-18/h2,4-7,9,11-12H,3,8,10H2,1H3. The van der Waals surface area contributed by atoms with Gasteiger partial charge in [-0.05, 0) is 43.0 Å². The van der Waals surface area contributed by atoms with Gasteiger partial charge in [0.2, 0.25) is 0 Å². The van der Waals surface area contributed by atoms with Crippen LogP contribution in [0.5, 0.6) is 0 Å². The highest BCUT2D eigenvalue weighted by molar-refractivity contribution is 5.80. The number of aromatic nitrogens is 3. The van der Waals surface area contributed by atoms with E-state index in [1.54, 1.807) is 0 Å². The van der Waals surface area contributed by atoms with Crippen molar-refractivity contribution < 1.29 is 0 Å². The number of benzene rings is 1. The molecule has 0 N–H and O–H groups in total. The third-order valence-corrected chi connectivity index (χ3v) is 3.27. The predicted molar refractivity (Wildman–Crippen MR) is 73.5 cm³/mol. The fourth-order valence-corrected chi connectivity index (χ4v) is 2.35. The highest BCUT2D eigenvalue weighted by Crippen LogP contribution is 2.17. The van der Waals surface area contributed by atoms with Crippen LogP contribution < -0.4 is 0 Å². The van der Waals surface area contributed by atoms with Gasteiger partial charge in [0.15, 0.2) is 0 Å². The zero-order valence-corrected chi connectivity index (χ0v) is 10.6. The lowest BCUT2D eigenvalue weighted by atomic mass is 10.2. The van der Waals surface area contributed by atoms with E-state index in [2.05, 4.69) is 47.1 Å². The van der Waals surface area contributed by atoms with Gasteiger partial charge in [-0.3, -0.25) is 4.68 Å². The Labute approximate surface area is 107 Å². The summed E-state index contributed by atoms with van der Waals surface area (Å²) in [6, 6.07) is 10.8. The average Bonchev–Trinajstić information content (AvgIpc) is 2.99. The lowest BCUT2D eigenvalue weighted by Gasteiger charge is -2.06. The molecule has 0 atom stereocenters. The van der Waals surface area contributed by atoms with E-state index >= 15 is 0 Å². The lowest BCUT2D eigenvalue weighted by molar-refractivity contribution is 0.533. The molecule has 3 aromatic rings. The number of nitrogens with zero attached hydrogens (tertiary/aromatic N) is 3. The van der Waals surface area contributed by atoms with Gasteiger partial charge in [0, 0.05) is 37.2 Å². The van der Waals surface area contributed by atoms with Crippen molar-refractivity contribution >= 4 is 10.9 Å². The third kappa shape index (κ3) is 2.16. The Kier molecular flexibility index (Phi) is 2.89. The van der Waals surface area contributed by atoms with E-state index in [1.165, 1.54) is 16.5 Å². The van der Waals surface area contributed by atoms with Crippen LogP contribution in [0, 0.1) is 6.92 Å². The number of hydrogen-bond acceptors (Lipinski definition) is 1. The van der Waals surface area contributed by atoms with Gasteiger partial charge in [0.1, 0.15) is 0 Å². The molecule has 0 aliphatic heterocycles. The first-order valence-corrected chi connectivity index (χ1v) is 6.36. The minimum absolute atomic E-state index is 0.971. The maximum atomic E-state index is 4.22. The monoisotopic (exact) mass is 239 g/mol. The van der Waals surface area contributed by atoms with E-state index in [4.69, 9.17) is 0 Å². The first-order chi connectivity index (χ1) is 8.83. The molecule has 0 aliphatic rings. The van der Waals surface area contributed by atoms with E-state index in [-0.39, 0.29) is 0 Å². The summed E-state index contributed by atoms with van der Waals surface area (Å²) < 4.78 is 4.30. The molecule has 0 unspecified atom stereocenters. The molecule has 2 heterocycles. The summed E-state index contributed by atoms with van der Waals surface area (Å²) in [5.74, 6) is 0. The molecule has 0 amide bonds. The molecule has 0 fully saturated rings. The SMILES string of the molecule is Cc1ccc2c(ccn2CCCn2cccn2)c1. The molecule has 0 saturated carbocycles. The van der Waals surface area contributed by atoms with Crippen molar-refractivity contribution in [2.45, 2.75) is 26.4 Å². The van der Waals surface area contributed by atoms with Crippen molar-refractivity contribution in [2.75, 3.05) is 0 Å². The molecule has 0 bridgehead atoms. The molecular weight excluding hydrogens is 222 g/mol. The van der Waals surface area contributed by atoms with Crippen LogP contribution >= 0.6 is 0 Å². The second-order valence-electron chi connectivity index (χ2n) is 4.69. The van der Waals surface area contributed by atoms with Crippen LogP contribution in [0.2, 0.25) is 0 Å². The van der Waals surface area contributed by atoms with Crippen molar-refractivity contribution in [3.8, 4) is 0 Å². The maximum Gasteiger partial charge on any atom is 0.0489 e. The largest absolute Gasteiger partial charge is 0.347 e. The fourth-order valence-electron chi connectivity index (χ4n) is 2.35. The third-order valence-electron chi connectivity index (χ3n) is 3.27. The highest BCUT2D eigenvalue weighted by Gasteiger charge is 2.01. The molecule has 3 heteroatoms. The van der Waals surface area contributed by atoms with Crippen LogP contribution in [0.25, 0.3) is 10.9 Å². The number of hydrogen-bond donors (Lipinski definition) is 0. The first-order valence-electron chi connectivity index (χ1n) is 6.36. The normalized spacial score (nSPS) is 11.2. The molecule has 0 spiro atoms. The van der Waals surface area contributed by atoms with Crippen molar-refractivity contribution in [1.29, 1.82) is 0 Å². The second-order valence-corrected chi connectivity index (χ2v) is 4.69. The minimum Gasteiger partial charge on any atom is -0.347 e. The Morgan fingerprint density at radius 1 is 1.11 bits per heavy atom. The summed E-state index contributed by atoms with van der Waals surface area (Å²) in [5, 5.41) is 5.54. The first kappa shape index (κ1) is 11.1. The van der Waals surface area contributed by atoms with Crippen LogP contribution in [-0.4, -0.2) is 14.3 Å². The zero-order chi connectivity index (χ0) is 12.4. The summed E-state index contributed by atoms with van der Waals surface area (Å²) in [6.45, 7) is 4.14. The van der Waals surface area contributed by atoms with Gasteiger partial charge in [-0.2, -0.15) is 5.10 Å². The van der Waals surface area contributed by atoms with Crippen molar-refractivity contribution in [3.05, 3.63) is 54.5 Å². The Bertz CT molecular complexity index is 635. The summed E-state index contributed by atoms with van der Waals surface area (Å²) in [7, 11) is 0.